The summed E-state index contributed by atoms with van der Waals surface area (Å²) in [6, 6.07) is 5.73. The minimum Gasteiger partial charge on any atom is -0.383 e. The first-order valence-electron chi connectivity index (χ1n) is 8.80. The number of rotatable bonds is 7. The quantitative estimate of drug-likeness (QED) is 0.751. The molecule has 2 heterocycles. The molecule has 7 nitrogen and oxygen atoms in total. The van der Waals surface area contributed by atoms with E-state index in [9.17, 15) is 4.79 Å². The summed E-state index contributed by atoms with van der Waals surface area (Å²) >= 11 is 0. The minimum absolute atomic E-state index is 0.178. The molecule has 2 aromatic rings. The smallest absolute Gasteiger partial charge is 0.314 e. The zero-order valence-electron chi connectivity index (χ0n) is 14.6. The Morgan fingerprint density at radius 1 is 1.24 bits per heavy atom. The van der Waals surface area contributed by atoms with Crippen molar-refractivity contribution >= 4 is 6.03 Å². The monoisotopic (exact) mass is 343 g/mol. The maximum Gasteiger partial charge on any atom is 0.314 e. The molecule has 0 radical (unpaired) electrons. The molecule has 0 saturated heterocycles. The summed E-state index contributed by atoms with van der Waals surface area (Å²) in [6.07, 6.45) is 6.26. The lowest BCUT2D eigenvalue weighted by molar-refractivity contribution is 0.196. The Kier molecular flexibility index (Phi) is 6.00. The van der Waals surface area contributed by atoms with Gasteiger partial charge in [0.15, 0.2) is 0 Å². The second kappa shape index (κ2) is 8.62. The van der Waals surface area contributed by atoms with Gasteiger partial charge in [0, 0.05) is 37.7 Å². The SMILES string of the molecule is COCCNC(=O)NCCn1nc(-c2ccccn2)c2c1CCCC2. The van der Waals surface area contributed by atoms with Crippen molar-refractivity contribution in [1.82, 2.24) is 25.4 Å². The van der Waals surface area contributed by atoms with E-state index in [0.29, 0.717) is 26.2 Å². The first-order chi connectivity index (χ1) is 12.3. The van der Waals surface area contributed by atoms with E-state index in [1.165, 1.54) is 24.1 Å². The second-order valence-electron chi connectivity index (χ2n) is 6.09. The third-order valence-electron chi connectivity index (χ3n) is 4.37. The van der Waals surface area contributed by atoms with Gasteiger partial charge in [0.25, 0.3) is 0 Å². The topological polar surface area (TPSA) is 81.1 Å². The maximum atomic E-state index is 11.7. The maximum absolute atomic E-state index is 11.7. The Morgan fingerprint density at radius 2 is 2.08 bits per heavy atom. The van der Waals surface area contributed by atoms with Crippen molar-refractivity contribution in [3.05, 3.63) is 35.7 Å². The Balaban J connectivity index is 1.66. The van der Waals surface area contributed by atoms with Crippen molar-refractivity contribution in [2.75, 3.05) is 26.8 Å². The number of methoxy groups -OCH3 is 1. The van der Waals surface area contributed by atoms with E-state index in [-0.39, 0.29) is 6.03 Å². The number of fused-ring (bicyclic) bond motifs is 1. The fourth-order valence-corrected chi connectivity index (χ4v) is 3.17. The number of urea groups is 1. The van der Waals surface area contributed by atoms with E-state index in [1.807, 2.05) is 22.9 Å². The number of hydrogen-bond donors (Lipinski definition) is 2. The first kappa shape index (κ1) is 17.4. The van der Waals surface area contributed by atoms with Gasteiger partial charge in [-0.25, -0.2) is 4.79 Å². The average molecular weight is 343 g/mol. The largest absolute Gasteiger partial charge is 0.383 e. The van der Waals surface area contributed by atoms with Crippen LogP contribution in [0.25, 0.3) is 11.4 Å². The number of ether oxygens (including phenoxy) is 1. The van der Waals surface area contributed by atoms with Gasteiger partial charge in [-0.2, -0.15) is 5.10 Å². The molecule has 0 bridgehead atoms. The lowest BCUT2D eigenvalue weighted by atomic mass is 9.95. The van der Waals surface area contributed by atoms with E-state index in [4.69, 9.17) is 9.84 Å². The number of nitrogens with one attached hydrogen (secondary N) is 2. The molecule has 0 saturated carbocycles. The van der Waals surface area contributed by atoms with Gasteiger partial charge in [-0.15, -0.1) is 0 Å². The number of nitrogens with zero attached hydrogens (tertiary/aromatic N) is 3. The van der Waals surface area contributed by atoms with E-state index in [1.54, 1.807) is 13.3 Å². The number of carbonyl (C=O) groups excluding carboxylic acids is 1. The highest BCUT2D eigenvalue weighted by molar-refractivity contribution is 5.73. The fraction of sp³-hybridized carbons (Fsp3) is 0.500. The van der Waals surface area contributed by atoms with Crippen LogP contribution in [0.4, 0.5) is 4.79 Å². The molecule has 0 fully saturated rings. The molecule has 1 aliphatic carbocycles. The number of pyridine rings is 1. The molecule has 2 aromatic heterocycles. The van der Waals surface area contributed by atoms with Crippen molar-refractivity contribution < 1.29 is 9.53 Å². The summed E-state index contributed by atoms with van der Waals surface area (Å²) < 4.78 is 6.95. The van der Waals surface area contributed by atoms with Gasteiger partial charge < -0.3 is 15.4 Å². The van der Waals surface area contributed by atoms with Crippen LogP contribution in [0, 0.1) is 0 Å². The van der Waals surface area contributed by atoms with Crippen LogP contribution in [0.5, 0.6) is 0 Å². The summed E-state index contributed by atoms with van der Waals surface area (Å²) in [6.45, 7) is 2.21. The van der Waals surface area contributed by atoms with E-state index < -0.39 is 0 Å². The molecule has 2 amide bonds. The van der Waals surface area contributed by atoms with Gasteiger partial charge >= 0.3 is 6.03 Å². The molecule has 2 N–H and O–H groups in total. The summed E-state index contributed by atoms with van der Waals surface area (Å²) in [5.41, 5.74) is 4.51. The van der Waals surface area contributed by atoms with Crippen LogP contribution in [0.15, 0.2) is 24.4 Å². The fourth-order valence-electron chi connectivity index (χ4n) is 3.17. The highest BCUT2D eigenvalue weighted by atomic mass is 16.5. The van der Waals surface area contributed by atoms with Crippen molar-refractivity contribution in [2.45, 2.75) is 32.2 Å². The van der Waals surface area contributed by atoms with E-state index in [2.05, 4.69) is 15.6 Å². The number of hydrogen-bond acceptors (Lipinski definition) is 4. The van der Waals surface area contributed by atoms with Crippen LogP contribution in [-0.4, -0.2) is 47.6 Å². The normalized spacial score (nSPS) is 13.3. The van der Waals surface area contributed by atoms with Gasteiger partial charge in [-0.05, 0) is 37.8 Å². The van der Waals surface area contributed by atoms with E-state index in [0.717, 1.165) is 24.2 Å². The number of carbonyl (C=O) groups is 1. The highest BCUT2D eigenvalue weighted by Crippen LogP contribution is 2.30. The lowest BCUT2D eigenvalue weighted by Gasteiger charge is -2.14. The minimum atomic E-state index is -0.178. The third kappa shape index (κ3) is 4.36. The molecular formula is C18H25N5O2. The Labute approximate surface area is 147 Å². The highest BCUT2D eigenvalue weighted by Gasteiger charge is 2.22. The van der Waals surface area contributed by atoms with Crippen molar-refractivity contribution in [2.24, 2.45) is 0 Å². The molecule has 7 heteroatoms. The van der Waals surface area contributed by atoms with Crippen LogP contribution in [0.2, 0.25) is 0 Å². The van der Waals surface area contributed by atoms with Crippen LogP contribution >= 0.6 is 0 Å². The molecule has 0 unspecified atom stereocenters. The first-order valence-corrected chi connectivity index (χ1v) is 8.80. The summed E-state index contributed by atoms with van der Waals surface area (Å²) in [5.74, 6) is 0. The summed E-state index contributed by atoms with van der Waals surface area (Å²) in [7, 11) is 1.61. The Morgan fingerprint density at radius 3 is 2.88 bits per heavy atom. The Hall–Kier alpha value is -2.41. The van der Waals surface area contributed by atoms with E-state index >= 15 is 0 Å². The summed E-state index contributed by atoms with van der Waals surface area (Å²) in [4.78, 5) is 16.2. The van der Waals surface area contributed by atoms with Crippen LogP contribution in [-0.2, 0) is 24.1 Å². The lowest BCUT2D eigenvalue weighted by Crippen LogP contribution is -2.38. The van der Waals surface area contributed by atoms with Crippen molar-refractivity contribution in [1.29, 1.82) is 0 Å². The molecule has 25 heavy (non-hydrogen) atoms. The molecule has 0 atom stereocenters. The molecule has 1 aliphatic rings. The molecule has 134 valence electrons. The van der Waals surface area contributed by atoms with Crippen LogP contribution < -0.4 is 10.6 Å². The van der Waals surface area contributed by atoms with Gasteiger partial charge in [0.2, 0.25) is 0 Å². The third-order valence-corrected chi connectivity index (χ3v) is 4.37. The van der Waals surface area contributed by atoms with Gasteiger partial charge in [0.05, 0.1) is 18.8 Å². The second-order valence-corrected chi connectivity index (χ2v) is 6.09. The molecule has 0 aliphatic heterocycles. The van der Waals surface area contributed by atoms with Crippen molar-refractivity contribution in [3.8, 4) is 11.4 Å². The van der Waals surface area contributed by atoms with Gasteiger partial charge in [-0.1, -0.05) is 6.07 Å². The van der Waals surface area contributed by atoms with Gasteiger partial charge in [0.1, 0.15) is 5.69 Å². The zero-order valence-corrected chi connectivity index (χ0v) is 14.6. The standard InChI is InChI=1S/C18H25N5O2/c1-25-13-11-21-18(24)20-10-12-23-16-8-3-2-6-14(16)17(22-23)15-7-4-5-9-19-15/h4-5,7,9H,2-3,6,8,10-13H2,1H3,(H2,20,21,24). The van der Waals surface area contributed by atoms with Gasteiger partial charge in [-0.3, -0.25) is 9.67 Å². The van der Waals surface area contributed by atoms with Crippen LogP contribution in [0.3, 0.4) is 0 Å². The number of aromatic nitrogens is 3. The van der Waals surface area contributed by atoms with Crippen molar-refractivity contribution in [3.63, 3.8) is 0 Å². The predicted molar refractivity (Wildman–Crippen MR) is 95.4 cm³/mol. The molecular weight excluding hydrogens is 318 g/mol. The number of amides is 2. The average Bonchev–Trinajstić information content (AvgIpc) is 3.02. The molecule has 0 aromatic carbocycles. The zero-order chi connectivity index (χ0) is 17.5. The Bertz CT molecular complexity index is 699. The molecule has 3 rings (SSSR count). The summed E-state index contributed by atoms with van der Waals surface area (Å²) in [5, 5.41) is 10.4. The molecule has 0 spiro atoms. The predicted octanol–water partition coefficient (Wildman–Crippen LogP) is 1.77. The van der Waals surface area contributed by atoms with Crippen LogP contribution in [0.1, 0.15) is 24.1 Å².